The number of para-hydroxylation sites is 1. The minimum absolute atomic E-state index is 0.111. The third kappa shape index (κ3) is 4.49. The number of hydrogen-bond acceptors (Lipinski definition) is 5. The zero-order valence-corrected chi connectivity index (χ0v) is 17.5. The molecule has 29 heavy (non-hydrogen) atoms. The maximum atomic E-state index is 6.40. The third-order valence-electron chi connectivity index (χ3n) is 6.17. The number of nitrogens with zero attached hydrogens (tertiary/aromatic N) is 4. The lowest BCUT2D eigenvalue weighted by atomic mass is 9.68. The number of benzene rings is 1. The van der Waals surface area contributed by atoms with E-state index in [-0.39, 0.29) is 23.5 Å². The first-order valence-electron chi connectivity index (χ1n) is 10.4. The summed E-state index contributed by atoms with van der Waals surface area (Å²) < 4.78 is 14.2. The van der Waals surface area contributed by atoms with Crippen molar-refractivity contribution in [1.29, 1.82) is 0 Å². The second-order valence-corrected chi connectivity index (χ2v) is 8.62. The normalized spacial score (nSPS) is 24.0. The number of pyridine rings is 1. The van der Waals surface area contributed by atoms with Gasteiger partial charge in [-0.1, -0.05) is 38.1 Å². The van der Waals surface area contributed by atoms with Crippen LogP contribution in [0.25, 0.3) is 10.9 Å². The first-order chi connectivity index (χ1) is 14.1. The summed E-state index contributed by atoms with van der Waals surface area (Å²) in [6.45, 7) is 5.97. The predicted octanol–water partition coefficient (Wildman–Crippen LogP) is 3.91. The zero-order chi connectivity index (χ0) is 20.3. The minimum Gasteiger partial charge on any atom is -0.380 e. The highest BCUT2D eigenvalue weighted by atomic mass is 16.5. The molecule has 0 spiro atoms. The molecule has 154 valence electrons. The van der Waals surface area contributed by atoms with Crippen molar-refractivity contribution in [3.8, 4) is 0 Å². The predicted molar refractivity (Wildman–Crippen MR) is 113 cm³/mol. The van der Waals surface area contributed by atoms with Crippen LogP contribution in [-0.2, 0) is 22.4 Å². The van der Waals surface area contributed by atoms with E-state index < -0.39 is 0 Å². The topological polar surface area (TPSA) is 62.1 Å². The molecular formula is C23H30N4O2. The molecule has 0 N–H and O–H groups in total. The Kier molecular flexibility index (Phi) is 5.92. The first kappa shape index (κ1) is 20.0. The molecule has 2 aromatic heterocycles. The number of fused-ring (bicyclic) bond motifs is 1. The van der Waals surface area contributed by atoms with Gasteiger partial charge in [-0.15, -0.1) is 0 Å². The summed E-state index contributed by atoms with van der Waals surface area (Å²) in [5.74, 6) is 0.231. The van der Waals surface area contributed by atoms with E-state index in [4.69, 9.17) is 14.5 Å². The van der Waals surface area contributed by atoms with Crippen molar-refractivity contribution in [2.75, 3.05) is 13.7 Å². The quantitative estimate of drug-likeness (QED) is 0.608. The summed E-state index contributed by atoms with van der Waals surface area (Å²) in [7, 11) is 1.81. The Morgan fingerprint density at radius 1 is 1.17 bits per heavy atom. The van der Waals surface area contributed by atoms with Crippen LogP contribution in [0.2, 0.25) is 0 Å². The molecule has 1 fully saturated rings. The second-order valence-electron chi connectivity index (χ2n) is 8.62. The molecule has 6 heteroatoms. The van der Waals surface area contributed by atoms with E-state index >= 15 is 0 Å². The van der Waals surface area contributed by atoms with Crippen molar-refractivity contribution in [1.82, 2.24) is 19.7 Å². The van der Waals surface area contributed by atoms with Crippen LogP contribution in [-0.4, -0.2) is 45.7 Å². The van der Waals surface area contributed by atoms with E-state index in [0.29, 0.717) is 6.61 Å². The van der Waals surface area contributed by atoms with E-state index in [0.717, 1.165) is 37.0 Å². The van der Waals surface area contributed by atoms with Crippen LogP contribution < -0.4 is 0 Å². The van der Waals surface area contributed by atoms with Gasteiger partial charge in [0, 0.05) is 30.5 Å². The van der Waals surface area contributed by atoms with E-state index in [1.165, 1.54) is 5.39 Å². The minimum atomic E-state index is 0.111. The number of ether oxygens (including phenoxy) is 2. The Balaban J connectivity index is 1.43. The molecule has 0 amide bonds. The van der Waals surface area contributed by atoms with Gasteiger partial charge in [-0.05, 0) is 30.4 Å². The highest BCUT2D eigenvalue weighted by molar-refractivity contribution is 5.78. The second kappa shape index (κ2) is 8.59. The molecule has 0 bridgehead atoms. The highest BCUT2D eigenvalue weighted by Crippen LogP contribution is 2.42. The molecule has 2 heterocycles. The van der Waals surface area contributed by atoms with E-state index in [1.807, 2.05) is 23.9 Å². The summed E-state index contributed by atoms with van der Waals surface area (Å²) in [4.78, 5) is 8.85. The number of methoxy groups -OCH3 is 1. The lowest BCUT2D eigenvalue weighted by Crippen LogP contribution is -2.50. The van der Waals surface area contributed by atoms with Crippen LogP contribution in [0.15, 0.2) is 49.1 Å². The third-order valence-corrected chi connectivity index (χ3v) is 6.17. The zero-order valence-electron chi connectivity index (χ0n) is 17.5. The molecule has 0 saturated heterocycles. The monoisotopic (exact) mass is 394 g/mol. The molecular weight excluding hydrogens is 364 g/mol. The lowest BCUT2D eigenvalue weighted by Gasteiger charge is -2.46. The van der Waals surface area contributed by atoms with Crippen LogP contribution in [0.4, 0.5) is 0 Å². The van der Waals surface area contributed by atoms with Crippen molar-refractivity contribution >= 4 is 10.9 Å². The van der Waals surface area contributed by atoms with Crippen molar-refractivity contribution in [3.05, 3.63) is 54.7 Å². The largest absolute Gasteiger partial charge is 0.380 e. The molecule has 1 aliphatic rings. The molecule has 6 nitrogen and oxygen atoms in total. The van der Waals surface area contributed by atoms with E-state index in [1.54, 1.807) is 12.7 Å². The van der Waals surface area contributed by atoms with Gasteiger partial charge in [0.05, 0.1) is 30.9 Å². The SMILES string of the molecule is CO[C@@H]1[C@H](Cn2cncn2)[C@H](OCCc2ccc3ccccc3n2)CCC1(C)C. The van der Waals surface area contributed by atoms with Crippen LogP contribution in [0.3, 0.4) is 0 Å². The van der Waals surface area contributed by atoms with Gasteiger partial charge in [0.15, 0.2) is 0 Å². The summed E-state index contributed by atoms with van der Waals surface area (Å²) in [6, 6.07) is 12.4. The Morgan fingerprint density at radius 2 is 2.03 bits per heavy atom. The van der Waals surface area contributed by atoms with Crippen LogP contribution in [0.1, 0.15) is 32.4 Å². The van der Waals surface area contributed by atoms with E-state index in [9.17, 15) is 0 Å². The number of aromatic nitrogens is 4. The number of hydrogen-bond donors (Lipinski definition) is 0. The van der Waals surface area contributed by atoms with Gasteiger partial charge in [0.25, 0.3) is 0 Å². The Labute approximate surface area is 172 Å². The van der Waals surface area contributed by atoms with Crippen molar-refractivity contribution < 1.29 is 9.47 Å². The maximum Gasteiger partial charge on any atom is 0.137 e. The smallest absolute Gasteiger partial charge is 0.137 e. The summed E-state index contributed by atoms with van der Waals surface area (Å²) >= 11 is 0. The summed E-state index contributed by atoms with van der Waals surface area (Å²) in [6.07, 6.45) is 6.51. The van der Waals surface area contributed by atoms with Gasteiger partial charge in [-0.2, -0.15) is 5.10 Å². The van der Waals surface area contributed by atoms with Crippen LogP contribution in [0, 0.1) is 11.3 Å². The van der Waals surface area contributed by atoms with E-state index in [2.05, 4.69) is 48.2 Å². The molecule has 1 saturated carbocycles. The lowest BCUT2D eigenvalue weighted by molar-refractivity contribution is -0.136. The van der Waals surface area contributed by atoms with Crippen molar-refractivity contribution in [3.63, 3.8) is 0 Å². The Bertz CT molecular complexity index is 926. The first-order valence-corrected chi connectivity index (χ1v) is 10.4. The molecule has 0 unspecified atom stereocenters. The van der Waals surface area contributed by atoms with Gasteiger partial charge in [0.1, 0.15) is 12.7 Å². The average Bonchev–Trinajstić information content (AvgIpc) is 3.23. The fraction of sp³-hybridized carbons (Fsp3) is 0.522. The van der Waals surface area contributed by atoms with Gasteiger partial charge < -0.3 is 9.47 Å². The van der Waals surface area contributed by atoms with Crippen LogP contribution >= 0.6 is 0 Å². The van der Waals surface area contributed by atoms with Crippen molar-refractivity contribution in [2.45, 2.75) is 51.9 Å². The maximum absolute atomic E-state index is 6.40. The molecule has 0 radical (unpaired) electrons. The van der Waals surface area contributed by atoms with Gasteiger partial charge in [-0.3, -0.25) is 9.67 Å². The van der Waals surface area contributed by atoms with Crippen molar-refractivity contribution in [2.24, 2.45) is 11.3 Å². The van der Waals surface area contributed by atoms with Gasteiger partial charge >= 0.3 is 0 Å². The van der Waals surface area contributed by atoms with Gasteiger partial charge in [-0.25, -0.2) is 4.98 Å². The fourth-order valence-electron chi connectivity index (χ4n) is 4.66. The fourth-order valence-corrected chi connectivity index (χ4v) is 4.66. The molecule has 1 aliphatic carbocycles. The molecule has 1 aromatic carbocycles. The molecule has 0 aliphatic heterocycles. The van der Waals surface area contributed by atoms with Gasteiger partial charge in [0.2, 0.25) is 0 Å². The molecule has 3 atom stereocenters. The average molecular weight is 395 g/mol. The highest BCUT2D eigenvalue weighted by Gasteiger charge is 2.45. The summed E-state index contributed by atoms with van der Waals surface area (Å²) in [5, 5.41) is 5.47. The Hall–Kier alpha value is -2.31. The summed E-state index contributed by atoms with van der Waals surface area (Å²) in [5.41, 5.74) is 2.21. The molecule has 4 rings (SSSR count). The van der Waals surface area contributed by atoms with Crippen LogP contribution in [0.5, 0.6) is 0 Å². The Morgan fingerprint density at radius 3 is 2.83 bits per heavy atom. The standard InChI is InChI=1S/C23H30N4O2/c1-23(2)12-10-21(19(22(23)28-3)14-27-16-24-15-25-27)29-13-11-18-9-8-17-6-4-5-7-20(17)26-18/h4-9,15-16,19,21-22H,10-14H2,1-3H3/t19-,21-,22-/m1/s1. The number of rotatable bonds is 7. The molecule has 3 aromatic rings.